The van der Waals surface area contributed by atoms with Gasteiger partial charge in [0, 0.05) is 0 Å². The second-order valence-electron chi connectivity index (χ2n) is 1.73. The molecule has 0 fully saturated rings. The predicted octanol–water partition coefficient (Wildman–Crippen LogP) is 1.28. The summed E-state index contributed by atoms with van der Waals surface area (Å²) < 4.78 is 0. The van der Waals surface area contributed by atoms with Gasteiger partial charge in [-0.1, -0.05) is 32.5 Å². The SMILES string of the molecule is PPc1ccccc1P. The Kier molecular flexibility index (Phi) is 3.07. The summed E-state index contributed by atoms with van der Waals surface area (Å²) in [5.41, 5.74) is 0. The van der Waals surface area contributed by atoms with Crippen molar-refractivity contribution in [1.82, 2.24) is 0 Å². The first kappa shape index (κ1) is 7.62. The zero-order valence-electron chi connectivity index (χ0n) is 4.96. The highest BCUT2D eigenvalue weighted by molar-refractivity contribution is 8.07. The van der Waals surface area contributed by atoms with E-state index >= 15 is 0 Å². The van der Waals surface area contributed by atoms with E-state index < -0.39 is 0 Å². The number of hydrogen-bond acceptors (Lipinski definition) is 0. The van der Waals surface area contributed by atoms with Crippen LogP contribution in [0, 0.1) is 0 Å². The minimum Gasteiger partial charge on any atom is -0.110 e. The lowest BCUT2D eigenvalue weighted by Gasteiger charge is -1.98. The van der Waals surface area contributed by atoms with Crippen molar-refractivity contribution in [2.45, 2.75) is 0 Å². The van der Waals surface area contributed by atoms with Gasteiger partial charge in [-0.15, -0.1) is 18.2 Å². The minimum atomic E-state index is 0.825. The average molecular weight is 174 g/mol. The van der Waals surface area contributed by atoms with Crippen molar-refractivity contribution < 1.29 is 0 Å². The fourth-order valence-electron chi connectivity index (χ4n) is 0.628. The van der Waals surface area contributed by atoms with Gasteiger partial charge < -0.3 is 0 Å². The highest BCUT2D eigenvalue weighted by Gasteiger charge is 1.89. The molecule has 1 aromatic rings. The fourth-order valence-corrected chi connectivity index (χ4v) is 2.82. The van der Waals surface area contributed by atoms with Crippen molar-refractivity contribution in [3.8, 4) is 0 Å². The van der Waals surface area contributed by atoms with Crippen LogP contribution in [0.5, 0.6) is 0 Å². The third-order valence-electron chi connectivity index (χ3n) is 1.12. The Morgan fingerprint density at radius 1 is 1.22 bits per heavy atom. The van der Waals surface area contributed by atoms with Gasteiger partial charge in [0.25, 0.3) is 0 Å². The molecule has 9 heavy (non-hydrogen) atoms. The minimum absolute atomic E-state index is 0.825. The van der Waals surface area contributed by atoms with E-state index in [-0.39, 0.29) is 0 Å². The van der Waals surface area contributed by atoms with Crippen LogP contribution < -0.4 is 10.6 Å². The predicted molar refractivity (Wildman–Crippen MR) is 53.4 cm³/mol. The van der Waals surface area contributed by atoms with Gasteiger partial charge in [-0.05, 0) is 10.6 Å². The molecular weight excluding hydrogens is 165 g/mol. The molecule has 0 spiro atoms. The molecule has 0 aliphatic rings. The van der Waals surface area contributed by atoms with Gasteiger partial charge in [-0.3, -0.25) is 0 Å². The van der Waals surface area contributed by atoms with Crippen LogP contribution in [0.3, 0.4) is 0 Å². The Bertz CT molecular complexity index is 197. The van der Waals surface area contributed by atoms with Crippen LogP contribution in [0.25, 0.3) is 0 Å². The number of benzene rings is 1. The summed E-state index contributed by atoms with van der Waals surface area (Å²) >= 11 is 0. The Morgan fingerprint density at radius 2 is 1.89 bits per heavy atom. The molecule has 0 saturated carbocycles. The monoisotopic (exact) mass is 174 g/mol. The van der Waals surface area contributed by atoms with Crippen LogP contribution in [0.2, 0.25) is 0 Å². The van der Waals surface area contributed by atoms with Gasteiger partial charge in [0.05, 0.1) is 0 Å². The molecule has 0 bridgehead atoms. The summed E-state index contributed by atoms with van der Waals surface area (Å²) in [6.45, 7) is 0. The highest BCUT2D eigenvalue weighted by atomic mass is 32.0. The smallest absolute Gasteiger partial charge is 0.0161 e. The maximum atomic E-state index is 2.74. The number of rotatable bonds is 1. The molecule has 0 aromatic heterocycles. The van der Waals surface area contributed by atoms with E-state index in [1.165, 1.54) is 10.6 Å². The standard InChI is InChI=1S/C6H9P3/c7-5-3-1-2-4-6(5)9-8/h1-4,9H,7-8H2. The molecule has 48 valence electrons. The number of hydrogen-bond donors (Lipinski definition) is 0. The summed E-state index contributed by atoms with van der Waals surface area (Å²) in [6, 6.07) is 8.38. The summed E-state index contributed by atoms with van der Waals surface area (Å²) in [7, 11) is 6.29. The van der Waals surface area contributed by atoms with E-state index in [1.54, 1.807) is 0 Å². The van der Waals surface area contributed by atoms with Crippen molar-refractivity contribution in [3.05, 3.63) is 24.3 Å². The summed E-state index contributed by atoms with van der Waals surface area (Å²) in [4.78, 5) is 0. The summed E-state index contributed by atoms with van der Waals surface area (Å²) in [5, 5.41) is 2.72. The van der Waals surface area contributed by atoms with E-state index in [4.69, 9.17) is 0 Å². The Morgan fingerprint density at radius 3 is 2.33 bits per heavy atom. The molecular formula is C6H9P3. The van der Waals surface area contributed by atoms with Crippen molar-refractivity contribution in [1.29, 1.82) is 0 Å². The molecule has 0 heterocycles. The Hall–Kier alpha value is 0.510. The molecule has 0 aliphatic heterocycles. The molecule has 3 unspecified atom stereocenters. The highest BCUT2D eigenvalue weighted by Crippen LogP contribution is 2.18. The van der Waals surface area contributed by atoms with Gasteiger partial charge in [0.2, 0.25) is 0 Å². The molecule has 0 amide bonds. The van der Waals surface area contributed by atoms with E-state index in [2.05, 4.69) is 42.4 Å². The van der Waals surface area contributed by atoms with Crippen molar-refractivity contribution in [2.75, 3.05) is 0 Å². The van der Waals surface area contributed by atoms with Crippen molar-refractivity contribution in [3.63, 3.8) is 0 Å². The van der Waals surface area contributed by atoms with Crippen LogP contribution in [-0.4, -0.2) is 0 Å². The zero-order valence-corrected chi connectivity index (χ0v) is 8.27. The first-order valence-corrected chi connectivity index (χ1v) is 6.04. The van der Waals surface area contributed by atoms with Gasteiger partial charge in [0.15, 0.2) is 0 Å². The van der Waals surface area contributed by atoms with Crippen LogP contribution in [0.4, 0.5) is 0 Å². The van der Waals surface area contributed by atoms with Gasteiger partial charge in [-0.25, -0.2) is 0 Å². The molecule has 1 aromatic carbocycles. The molecule has 0 saturated heterocycles. The Labute approximate surface area is 61.9 Å². The molecule has 3 atom stereocenters. The molecule has 1 rings (SSSR count). The molecule has 0 N–H and O–H groups in total. The second-order valence-corrected chi connectivity index (χ2v) is 4.05. The van der Waals surface area contributed by atoms with Crippen LogP contribution in [0.1, 0.15) is 0 Å². The molecule has 3 heteroatoms. The second kappa shape index (κ2) is 3.62. The maximum Gasteiger partial charge on any atom is -0.0161 e. The third-order valence-corrected chi connectivity index (χ3v) is 3.61. The van der Waals surface area contributed by atoms with Gasteiger partial charge in [-0.2, -0.15) is 0 Å². The topological polar surface area (TPSA) is 0 Å². The quantitative estimate of drug-likeness (QED) is 0.562. The normalized spacial score (nSPS) is 10.9. The zero-order chi connectivity index (χ0) is 6.69. The first-order chi connectivity index (χ1) is 4.34. The Balaban J connectivity index is 3.01. The van der Waals surface area contributed by atoms with E-state index in [0.717, 1.165) is 8.27 Å². The maximum absolute atomic E-state index is 2.74. The van der Waals surface area contributed by atoms with Crippen molar-refractivity contribution in [2.24, 2.45) is 0 Å². The fraction of sp³-hybridized carbons (Fsp3) is 0. The third kappa shape index (κ3) is 1.98. The van der Waals surface area contributed by atoms with Crippen LogP contribution in [-0.2, 0) is 0 Å². The summed E-state index contributed by atoms with van der Waals surface area (Å²) in [5.74, 6) is 0. The lowest BCUT2D eigenvalue weighted by molar-refractivity contribution is 1.84. The van der Waals surface area contributed by atoms with E-state index in [9.17, 15) is 0 Å². The van der Waals surface area contributed by atoms with Gasteiger partial charge >= 0.3 is 0 Å². The lowest BCUT2D eigenvalue weighted by atomic mass is 10.4. The lowest BCUT2D eigenvalue weighted by Crippen LogP contribution is -2.09. The van der Waals surface area contributed by atoms with E-state index in [1.807, 2.05) is 0 Å². The van der Waals surface area contributed by atoms with Crippen LogP contribution >= 0.6 is 26.4 Å². The first-order valence-electron chi connectivity index (χ1n) is 2.65. The largest absolute Gasteiger partial charge is 0.110 e. The molecule has 0 radical (unpaired) electrons. The van der Waals surface area contributed by atoms with Crippen LogP contribution in [0.15, 0.2) is 24.3 Å². The molecule has 0 nitrogen and oxygen atoms in total. The average Bonchev–Trinajstić information content (AvgIpc) is 1.89. The van der Waals surface area contributed by atoms with E-state index in [0.29, 0.717) is 0 Å². The van der Waals surface area contributed by atoms with Gasteiger partial charge in [0.1, 0.15) is 0 Å². The summed E-state index contributed by atoms with van der Waals surface area (Å²) in [6.07, 6.45) is 0. The van der Waals surface area contributed by atoms with Crippen molar-refractivity contribution >= 4 is 37.0 Å². The molecule has 0 aliphatic carbocycles.